The van der Waals surface area contributed by atoms with E-state index in [9.17, 15) is 0 Å². The fraction of sp³-hybridized carbons (Fsp3) is 0.500. The van der Waals surface area contributed by atoms with Gasteiger partial charge in [0.1, 0.15) is 0 Å². The van der Waals surface area contributed by atoms with E-state index in [1.165, 1.54) is 5.57 Å². The highest BCUT2D eigenvalue weighted by Gasteiger charge is 2.12. The third-order valence-corrected chi connectivity index (χ3v) is 3.41. The van der Waals surface area contributed by atoms with Crippen LogP contribution in [0.3, 0.4) is 0 Å². The van der Waals surface area contributed by atoms with Gasteiger partial charge in [-0.15, -0.1) is 11.3 Å². The maximum atomic E-state index is 5.53. The number of thiazole rings is 1. The monoisotopic (exact) mass is 209 g/mol. The predicted molar refractivity (Wildman–Crippen MR) is 60.6 cm³/mol. The van der Waals surface area contributed by atoms with Crippen LogP contribution >= 0.6 is 11.3 Å². The van der Waals surface area contributed by atoms with Crippen molar-refractivity contribution in [2.45, 2.75) is 19.9 Å². The lowest BCUT2D eigenvalue weighted by Crippen LogP contribution is -2.27. The molecule has 1 aliphatic rings. The van der Waals surface area contributed by atoms with Gasteiger partial charge >= 0.3 is 0 Å². The van der Waals surface area contributed by atoms with Crippen molar-refractivity contribution in [1.82, 2.24) is 4.98 Å². The van der Waals surface area contributed by atoms with Gasteiger partial charge < -0.3 is 10.6 Å². The summed E-state index contributed by atoms with van der Waals surface area (Å²) in [5.41, 5.74) is 8.01. The zero-order valence-electron chi connectivity index (χ0n) is 8.36. The summed E-state index contributed by atoms with van der Waals surface area (Å²) >= 11 is 1.69. The average Bonchev–Trinajstić information content (AvgIpc) is 2.67. The molecule has 4 heteroatoms. The molecule has 76 valence electrons. The Hall–Kier alpha value is -0.870. The minimum Gasteiger partial charge on any atom is -0.344 e. The Morgan fingerprint density at radius 2 is 2.50 bits per heavy atom. The summed E-state index contributed by atoms with van der Waals surface area (Å²) in [6, 6.07) is 0. The van der Waals surface area contributed by atoms with Crippen LogP contribution in [-0.4, -0.2) is 18.1 Å². The van der Waals surface area contributed by atoms with E-state index in [2.05, 4.69) is 22.9 Å². The van der Waals surface area contributed by atoms with Crippen LogP contribution in [0.15, 0.2) is 17.0 Å². The zero-order chi connectivity index (χ0) is 9.97. The number of nitrogens with two attached hydrogens (primary N) is 1. The van der Waals surface area contributed by atoms with Crippen LogP contribution in [0.2, 0.25) is 0 Å². The van der Waals surface area contributed by atoms with Crippen LogP contribution in [0.5, 0.6) is 0 Å². The van der Waals surface area contributed by atoms with Crippen molar-refractivity contribution >= 4 is 16.5 Å². The maximum absolute atomic E-state index is 5.53. The van der Waals surface area contributed by atoms with Gasteiger partial charge in [0, 0.05) is 25.0 Å². The molecule has 0 radical (unpaired) electrons. The Morgan fingerprint density at radius 3 is 3.07 bits per heavy atom. The fourth-order valence-corrected chi connectivity index (χ4v) is 2.35. The minimum atomic E-state index is 0.541. The Balaban J connectivity index is 2.09. The standard InChI is InChI=1S/C10H15N3S/c1-8-2-4-13(5-3-8)10-12-9(6-11)7-14-10/h2,7H,3-6,11H2,1H3. The highest BCUT2D eigenvalue weighted by Crippen LogP contribution is 2.23. The molecule has 14 heavy (non-hydrogen) atoms. The van der Waals surface area contributed by atoms with E-state index >= 15 is 0 Å². The lowest BCUT2D eigenvalue weighted by molar-refractivity contribution is 0.781. The van der Waals surface area contributed by atoms with E-state index in [-0.39, 0.29) is 0 Å². The summed E-state index contributed by atoms with van der Waals surface area (Å²) in [7, 11) is 0. The van der Waals surface area contributed by atoms with E-state index in [0.717, 1.165) is 30.3 Å². The van der Waals surface area contributed by atoms with Crippen molar-refractivity contribution in [3.63, 3.8) is 0 Å². The van der Waals surface area contributed by atoms with E-state index < -0.39 is 0 Å². The quantitative estimate of drug-likeness (QED) is 0.755. The topological polar surface area (TPSA) is 42.2 Å². The molecule has 0 aromatic carbocycles. The third-order valence-electron chi connectivity index (χ3n) is 2.46. The van der Waals surface area contributed by atoms with Gasteiger partial charge in [-0.2, -0.15) is 0 Å². The molecule has 0 fully saturated rings. The smallest absolute Gasteiger partial charge is 0.185 e. The Labute approximate surface area is 88.3 Å². The number of hydrogen-bond acceptors (Lipinski definition) is 4. The molecule has 1 aliphatic heterocycles. The van der Waals surface area contributed by atoms with E-state index in [1.807, 2.05) is 5.38 Å². The summed E-state index contributed by atoms with van der Waals surface area (Å²) in [5, 5.41) is 3.15. The molecule has 0 unspecified atom stereocenters. The first-order chi connectivity index (χ1) is 6.79. The summed E-state index contributed by atoms with van der Waals surface area (Å²) in [6.45, 7) is 4.80. The molecule has 1 aromatic rings. The molecule has 0 bridgehead atoms. The van der Waals surface area contributed by atoms with Gasteiger partial charge in [-0.1, -0.05) is 11.6 Å². The molecule has 2 heterocycles. The minimum absolute atomic E-state index is 0.541. The van der Waals surface area contributed by atoms with Crippen molar-refractivity contribution in [2.24, 2.45) is 5.73 Å². The van der Waals surface area contributed by atoms with Crippen molar-refractivity contribution in [3.05, 3.63) is 22.7 Å². The second-order valence-corrected chi connectivity index (χ2v) is 4.41. The Bertz CT molecular complexity index is 343. The number of nitrogens with zero attached hydrogens (tertiary/aromatic N) is 2. The number of rotatable bonds is 2. The molecule has 3 nitrogen and oxygen atoms in total. The number of aromatic nitrogens is 1. The summed E-state index contributed by atoms with van der Waals surface area (Å²) < 4.78 is 0. The first-order valence-corrected chi connectivity index (χ1v) is 5.72. The largest absolute Gasteiger partial charge is 0.344 e. The molecule has 0 saturated carbocycles. The lowest BCUT2D eigenvalue weighted by Gasteiger charge is -2.24. The molecule has 2 N–H and O–H groups in total. The molecule has 0 aliphatic carbocycles. The molecule has 0 spiro atoms. The summed E-state index contributed by atoms with van der Waals surface area (Å²) in [6.07, 6.45) is 3.42. The zero-order valence-corrected chi connectivity index (χ0v) is 9.18. The van der Waals surface area contributed by atoms with Crippen LogP contribution in [-0.2, 0) is 6.54 Å². The van der Waals surface area contributed by atoms with E-state index in [4.69, 9.17) is 5.73 Å². The summed E-state index contributed by atoms with van der Waals surface area (Å²) in [5.74, 6) is 0. The second kappa shape index (κ2) is 4.11. The van der Waals surface area contributed by atoms with Crippen LogP contribution in [0.1, 0.15) is 19.0 Å². The first kappa shape index (κ1) is 9.68. The van der Waals surface area contributed by atoms with Crippen molar-refractivity contribution in [2.75, 3.05) is 18.0 Å². The molecule has 1 aromatic heterocycles. The van der Waals surface area contributed by atoms with Crippen LogP contribution in [0.25, 0.3) is 0 Å². The Kier molecular flexibility index (Phi) is 2.84. The number of hydrogen-bond donors (Lipinski definition) is 1. The molecular weight excluding hydrogens is 194 g/mol. The second-order valence-electron chi connectivity index (χ2n) is 3.57. The van der Waals surface area contributed by atoms with Crippen LogP contribution in [0, 0.1) is 0 Å². The molecule has 0 atom stereocenters. The van der Waals surface area contributed by atoms with Gasteiger partial charge in [0.05, 0.1) is 5.69 Å². The van der Waals surface area contributed by atoms with Gasteiger partial charge in [0.25, 0.3) is 0 Å². The van der Waals surface area contributed by atoms with Gasteiger partial charge in [-0.05, 0) is 13.3 Å². The normalized spacial score (nSPS) is 17.0. The van der Waals surface area contributed by atoms with Gasteiger partial charge in [0.15, 0.2) is 5.13 Å². The number of anilines is 1. The fourth-order valence-electron chi connectivity index (χ4n) is 1.48. The SMILES string of the molecule is CC1=CCN(c2nc(CN)cs2)CC1. The van der Waals surface area contributed by atoms with Crippen LogP contribution in [0.4, 0.5) is 5.13 Å². The van der Waals surface area contributed by atoms with Crippen molar-refractivity contribution in [1.29, 1.82) is 0 Å². The molecular formula is C10H15N3S. The van der Waals surface area contributed by atoms with Crippen molar-refractivity contribution < 1.29 is 0 Å². The predicted octanol–water partition coefficient (Wildman–Crippen LogP) is 1.76. The van der Waals surface area contributed by atoms with Crippen molar-refractivity contribution in [3.8, 4) is 0 Å². The highest BCUT2D eigenvalue weighted by molar-refractivity contribution is 7.13. The molecule has 0 saturated heterocycles. The molecule has 2 rings (SSSR count). The first-order valence-electron chi connectivity index (χ1n) is 4.84. The third kappa shape index (κ3) is 1.96. The summed E-state index contributed by atoms with van der Waals surface area (Å²) in [4.78, 5) is 6.77. The Morgan fingerprint density at radius 1 is 1.64 bits per heavy atom. The average molecular weight is 209 g/mol. The van der Waals surface area contributed by atoms with Crippen LogP contribution < -0.4 is 10.6 Å². The highest BCUT2D eigenvalue weighted by atomic mass is 32.1. The lowest BCUT2D eigenvalue weighted by atomic mass is 10.1. The van der Waals surface area contributed by atoms with E-state index in [1.54, 1.807) is 11.3 Å². The van der Waals surface area contributed by atoms with Gasteiger partial charge in [-0.25, -0.2) is 4.98 Å². The van der Waals surface area contributed by atoms with Gasteiger partial charge in [-0.3, -0.25) is 0 Å². The van der Waals surface area contributed by atoms with Gasteiger partial charge in [0.2, 0.25) is 0 Å². The maximum Gasteiger partial charge on any atom is 0.185 e. The van der Waals surface area contributed by atoms with E-state index in [0.29, 0.717) is 6.54 Å². The molecule has 0 amide bonds.